The number of rotatable bonds is 5. The van der Waals surface area contributed by atoms with E-state index in [2.05, 4.69) is 11.2 Å². The van der Waals surface area contributed by atoms with E-state index in [1.165, 1.54) is 0 Å². The fourth-order valence-corrected chi connectivity index (χ4v) is 3.32. The van der Waals surface area contributed by atoms with Gasteiger partial charge in [-0.3, -0.25) is 4.79 Å². The van der Waals surface area contributed by atoms with Crippen LogP contribution in [0.3, 0.4) is 0 Å². The van der Waals surface area contributed by atoms with Gasteiger partial charge in [0.1, 0.15) is 17.0 Å². The van der Waals surface area contributed by atoms with Crippen molar-refractivity contribution >= 4 is 11.8 Å². The summed E-state index contributed by atoms with van der Waals surface area (Å²) in [6.07, 6.45) is 0. The largest absolute Gasteiger partial charge is 0.454 e. The molecule has 1 aromatic heterocycles. The third-order valence-corrected chi connectivity index (χ3v) is 5.09. The zero-order chi connectivity index (χ0) is 20.4. The van der Waals surface area contributed by atoms with Gasteiger partial charge in [-0.15, -0.1) is 0 Å². The highest BCUT2D eigenvalue weighted by Crippen LogP contribution is 2.26. The molecule has 5 heteroatoms. The van der Waals surface area contributed by atoms with E-state index in [1.807, 2.05) is 58.0 Å². The number of aryl methyl sites for hydroxylation is 3. The predicted molar refractivity (Wildman–Crippen MR) is 107 cm³/mol. The summed E-state index contributed by atoms with van der Waals surface area (Å²) in [4.78, 5) is 25.5. The summed E-state index contributed by atoms with van der Waals surface area (Å²) in [6.45, 7) is 9.08. The van der Waals surface area contributed by atoms with Gasteiger partial charge in [-0.2, -0.15) is 0 Å². The van der Waals surface area contributed by atoms with Crippen LogP contribution in [-0.2, 0) is 4.74 Å². The monoisotopic (exact) mass is 377 g/mol. The number of carbonyl (C=O) groups excluding carboxylic acids is 2. The molecule has 28 heavy (non-hydrogen) atoms. The number of hydrogen-bond acceptors (Lipinski definition) is 5. The molecule has 0 aliphatic carbocycles. The number of ether oxygens (including phenoxy) is 1. The lowest BCUT2D eigenvalue weighted by Crippen LogP contribution is -2.17. The van der Waals surface area contributed by atoms with Crippen molar-refractivity contribution in [3.63, 3.8) is 0 Å². The van der Waals surface area contributed by atoms with E-state index in [1.54, 1.807) is 6.92 Å². The first-order valence-electron chi connectivity index (χ1n) is 9.10. The lowest BCUT2D eigenvalue weighted by Gasteiger charge is -2.14. The van der Waals surface area contributed by atoms with Crippen LogP contribution in [0.15, 0.2) is 40.9 Å². The van der Waals surface area contributed by atoms with Crippen LogP contribution in [0.5, 0.6) is 0 Å². The molecule has 0 bridgehead atoms. The van der Waals surface area contributed by atoms with E-state index >= 15 is 0 Å². The van der Waals surface area contributed by atoms with Crippen molar-refractivity contribution in [3.8, 4) is 11.3 Å². The minimum Gasteiger partial charge on any atom is -0.454 e. The Morgan fingerprint density at radius 3 is 2.14 bits per heavy atom. The molecule has 2 aromatic carbocycles. The van der Waals surface area contributed by atoms with Crippen LogP contribution < -0.4 is 0 Å². The molecule has 0 spiro atoms. The molecule has 1 heterocycles. The Balaban J connectivity index is 1.83. The zero-order valence-corrected chi connectivity index (χ0v) is 16.8. The molecule has 0 fully saturated rings. The van der Waals surface area contributed by atoms with E-state index < -0.39 is 5.97 Å². The number of Topliss-reactive ketones (excluding diaryl/α,β-unsaturated/α-hetero) is 1. The lowest BCUT2D eigenvalue weighted by atomic mass is 9.92. The van der Waals surface area contributed by atoms with Gasteiger partial charge in [-0.25, -0.2) is 4.79 Å². The molecule has 5 nitrogen and oxygen atoms in total. The van der Waals surface area contributed by atoms with Crippen molar-refractivity contribution < 1.29 is 18.8 Å². The number of aromatic nitrogens is 1. The molecule has 0 aliphatic rings. The van der Waals surface area contributed by atoms with Crippen LogP contribution in [0.1, 0.15) is 48.7 Å². The Hall–Kier alpha value is -3.21. The van der Waals surface area contributed by atoms with Gasteiger partial charge in [-0.1, -0.05) is 41.6 Å². The second-order valence-corrected chi connectivity index (χ2v) is 6.96. The standard InChI is InChI=1S/C23H23NO4/c1-13-11-14(2)16(4)20(15(13)3)19(25)12-27-23(26)21-17(5)28-24-22(21)18-9-7-6-8-10-18/h6-11H,12H2,1-5H3. The number of benzene rings is 2. The molecule has 0 atom stereocenters. The molecule has 0 saturated heterocycles. The Bertz CT molecular complexity index is 1020. The van der Waals surface area contributed by atoms with Crippen molar-refractivity contribution in [2.24, 2.45) is 0 Å². The van der Waals surface area contributed by atoms with Gasteiger partial charge < -0.3 is 9.26 Å². The molecular formula is C23H23NO4. The van der Waals surface area contributed by atoms with Crippen LogP contribution >= 0.6 is 0 Å². The van der Waals surface area contributed by atoms with Gasteiger partial charge in [0.2, 0.25) is 5.78 Å². The first-order valence-corrected chi connectivity index (χ1v) is 9.10. The predicted octanol–water partition coefficient (Wildman–Crippen LogP) is 4.92. The first-order chi connectivity index (χ1) is 13.3. The molecule has 144 valence electrons. The van der Waals surface area contributed by atoms with Crippen LogP contribution in [-0.4, -0.2) is 23.5 Å². The zero-order valence-electron chi connectivity index (χ0n) is 16.8. The van der Waals surface area contributed by atoms with Crippen molar-refractivity contribution in [3.05, 3.63) is 75.5 Å². The van der Waals surface area contributed by atoms with Crippen molar-refractivity contribution in [1.82, 2.24) is 5.16 Å². The first kappa shape index (κ1) is 19.5. The number of nitrogens with zero attached hydrogens (tertiary/aromatic N) is 1. The normalized spacial score (nSPS) is 10.8. The Morgan fingerprint density at radius 2 is 1.54 bits per heavy atom. The highest BCUT2D eigenvalue weighted by molar-refractivity contribution is 6.03. The van der Waals surface area contributed by atoms with Crippen molar-refractivity contribution in [2.75, 3.05) is 6.61 Å². The van der Waals surface area contributed by atoms with E-state index in [0.717, 1.165) is 27.8 Å². The summed E-state index contributed by atoms with van der Waals surface area (Å²) < 4.78 is 10.5. The van der Waals surface area contributed by atoms with Crippen LogP contribution in [0, 0.1) is 34.6 Å². The maximum Gasteiger partial charge on any atom is 0.344 e. The summed E-state index contributed by atoms with van der Waals surface area (Å²) >= 11 is 0. The molecular weight excluding hydrogens is 354 g/mol. The van der Waals surface area contributed by atoms with E-state index in [-0.39, 0.29) is 18.0 Å². The molecule has 0 N–H and O–H groups in total. The van der Waals surface area contributed by atoms with Crippen LogP contribution in [0.4, 0.5) is 0 Å². The maximum atomic E-state index is 12.8. The smallest absolute Gasteiger partial charge is 0.344 e. The average molecular weight is 377 g/mol. The van der Waals surface area contributed by atoms with Gasteiger partial charge in [-0.05, 0) is 56.9 Å². The quantitative estimate of drug-likeness (QED) is 0.466. The fourth-order valence-electron chi connectivity index (χ4n) is 3.32. The maximum absolute atomic E-state index is 12.8. The van der Waals surface area contributed by atoms with Gasteiger partial charge >= 0.3 is 5.97 Å². The molecule has 0 amide bonds. The second kappa shape index (κ2) is 7.80. The lowest BCUT2D eigenvalue weighted by molar-refractivity contribution is 0.0473. The molecule has 0 radical (unpaired) electrons. The molecule has 3 rings (SSSR count). The van der Waals surface area contributed by atoms with Crippen LogP contribution in [0.25, 0.3) is 11.3 Å². The van der Waals surface area contributed by atoms with Crippen LogP contribution in [0.2, 0.25) is 0 Å². The van der Waals surface area contributed by atoms with Gasteiger partial charge in [0, 0.05) is 11.1 Å². The summed E-state index contributed by atoms with van der Waals surface area (Å²) in [5.41, 5.74) is 5.93. The number of ketones is 1. The summed E-state index contributed by atoms with van der Waals surface area (Å²) in [7, 11) is 0. The highest BCUT2D eigenvalue weighted by atomic mass is 16.5. The molecule has 0 aliphatic heterocycles. The summed E-state index contributed by atoms with van der Waals surface area (Å²) in [6, 6.07) is 11.3. The fraction of sp³-hybridized carbons (Fsp3) is 0.261. The van der Waals surface area contributed by atoms with Gasteiger partial charge in [0.05, 0.1) is 0 Å². The van der Waals surface area contributed by atoms with Gasteiger partial charge in [0.25, 0.3) is 0 Å². The number of carbonyl (C=O) groups is 2. The summed E-state index contributed by atoms with van der Waals surface area (Å²) in [5, 5.41) is 3.98. The molecule has 0 saturated carbocycles. The minimum atomic E-state index is -0.620. The molecule has 3 aromatic rings. The second-order valence-electron chi connectivity index (χ2n) is 6.96. The third-order valence-electron chi connectivity index (χ3n) is 5.09. The average Bonchev–Trinajstić information content (AvgIpc) is 3.07. The molecule has 0 unspecified atom stereocenters. The topological polar surface area (TPSA) is 69.4 Å². The van der Waals surface area contributed by atoms with E-state index in [4.69, 9.17) is 9.26 Å². The van der Waals surface area contributed by atoms with Crippen molar-refractivity contribution in [1.29, 1.82) is 0 Å². The minimum absolute atomic E-state index is 0.217. The van der Waals surface area contributed by atoms with Crippen molar-refractivity contribution in [2.45, 2.75) is 34.6 Å². The number of hydrogen-bond donors (Lipinski definition) is 0. The van der Waals surface area contributed by atoms with Gasteiger partial charge in [0.15, 0.2) is 6.61 Å². The Morgan fingerprint density at radius 1 is 0.929 bits per heavy atom. The number of esters is 1. The summed E-state index contributed by atoms with van der Waals surface area (Å²) in [5.74, 6) is -0.480. The van der Waals surface area contributed by atoms with E-state index in [0.29, 0.717) is 17.0 Å². The Kier molecular flexibility index (Phi) is 5.45. The third kappa shape index (κ3) is 3.60. The SMILES string of the molecule is Cc1cc(C)c(C)c(C(=O)COC(=O)c2c(-c3ccccc3)noc2C)c1C. The Labute approximate surface area is 164 Å². The highest BCUT2D eigenvalue weighted by Gasteiger charge is 2.24. The van der Waals surface area contributed by atoms with E-state index in [9.17, 15) is 9.59 Å².